The fourth-order valence-corrected chi connectivity index (χ4v) is 3.52. The second-order valence-corrected chi connectivity index (χ2v) is 7.07. The van der Waals surface area contributed by atoms with Crippen molar-refractivity contribution >= 4 is 5.91 Å². The molecule has 1 amide bonds. The van der Waals surface area contributed by atoms with Crippen LogP contribution in [-0.2, 0) is 37.9 Å². The molecular weight excluding hydrogens is 358 g/mol. The normalized spacial score (nSPS) is 15.2. The highest BCUT2D eigenvalue weighted by Crippen LogP contribution is 2.19. The first-order valence-corrected chi connectivity index (χ1v) is 9.27. The third-order valence-corrected chi connectivity index (χ3v) is 4.99. The van der Waals surface area contributed by atoms with Gasteiger partial charge in [-0.3, -0.25) is 9.69 Å². The van der Waals surface area contributed by atoms with Crippen LogP contribution in [0.3, 0.4) is 0 Å². The van der Waals surface area contributed by atoms with Crippen molar-refractivity contribution in [3.63, 3.8) is 0 Å². The van der Waals surface area contributed by atoms with E-state index in [0.29, 0.717) is 18.2 Å². The zero-order valence-corrected chi connectivity index (χ0v) is 16.0. The molecule has 3 heterocycles. The molecule has 0 unspecified atom stereocenters. The Balaban J connectivity index is 1.37. The van der Waals surface area contributed by atoms with E-state index in [9.17, 15) is 4.79 Å². The Morgan fingerprint density at radius 1 is 1.25 bits per heavy atom. The van der Waals surface area contributed by atoms with Crippen molar-refractivity contribution in [1.82, 2.24) is 45.2 Å². The van der Waals surface area contributed by atoms with Gasteiger partial charge in [0, 0.05) is 20.1 Å². The Bertz CT molecular complexity index is 963. The van der Waals surface area contributed by atoms with Gasteiger partial charge in [-0.2, -0.15) is 0 Å². The van der Waals surface area contributed by atoms with Gasteiger partial charge >= 0.3 is 0 Å². The van der Waals surface area contributed by atoms with Gasteiger partial charge in [-0.25, -0.2) is 4.68 Å². The van der Waals surface area contributed by atoms with Crippen LogP contribution >= 0.6 is 0 Å². The highest BCUT2D eigenvalue weighted by atomic mass is 16.2. The number of benzene rings is 1. The Morgan fingerprint density at radius 3 is 2.86 bits per heavy atom. The van der Waals surface area contributed by atoms with E-state index in [4.69, 9.17) is 0 Å². The number of fused-ring (bicyclic) bond motifs is 1. The number of tetrazole rings is 1. The van der Waals surface area contributed by atoms with Crippen LogP contribution in [0, 0.1) is 0 Å². The summed E-state index contributed by atoms with van der Waals surface area (Å²) in [5.74, 6) is 1.20. The molecule has 0 spiro atoms. The number of carbonyl (C=O) groups is 1. The molecule has 0 saturated heterocycles. The molecule has 0 aliphatic carbocycles. The van der Waals surface area contributed by atoms with Gasteiger partial charge in [0.15, 0.2) is 11.6 Å². The minimum Gasteiger partial charge on any atom is -0.345 e. The summed E-state index contributed by atoms with van der Waals surface area (Å²) in [6.07, 6.45) is 2.61. The highest BCUT2D eigenvalue weighted by molar-refractivity contribution is 5.76. The van der Waals surface area contributed by atoms with Crippen LogP contribution in [-0.4, -0.2) is 52.3 Å². The van der Waals surface area contributed by atoms with E-state index < -0.39 is 0 Å². The summed E-state index contributed by atoms with van der Waals surface area (Å²) < 4.78 is 3.33. The number of hydrogen-bond donors (Lipinski definition) is 1. The summed E-state index contributed by atoms with van der Waals surface area (Å²) in [7, 11) is 1.84. The minimum atomic E-state index is -0.251. The number of aryl methyl sites for hydroxylation is 1. The molecule has 0 radical (unpaired) electrons. The average Bonchev–Trinajstić information content (AvgIpc) is 3.30. The SMILES string of the molecule is C[C@H](NC(=O)Cn1nnnc1CN1CCc2ccccc2C1)c1nncn1C. The molecule has 10 heteroatoms. The third kappa shape index (κ3) is 3.91. The molecule has 10 nitrogen and oxygen atoms in total. The lowest BCUT2D eigenvalue weighted by atomic mass is 10.00. The van der Waals surface area contributed by atoms with Gasteiger partial charge in [0.05, 0.1) is 12.6 Å². The molecule has 0 saturated carbocycles. The van der Waals surface area contributed by atoms with E-state index in [1.807, 2.05) is 14.0 Å². The largest absolute Gasteiger partial charge is 0.345 e. The molecule has 3 aromatic rings. The lowest BCUT2D eigenvalue weighted by molar-refractivity contribution is -0.122. The Morgan fingerprint density at radius 2 is 2.07 bits per heavy atom. The Hall–Kier alpha value is -3.14. The average molecular weight is 381 g/mol. The lowest BCUT2D eigenvalue weighted by Crippen LogP contribution is -2.34. The van der Waals surface area contributed by atoms with E-state index in [-0.39, 0.29) is 18.5 Å². The van der Waals surface area contributed by atoms with E-state index in [1.54, 1.807) is 15.6 Å². The van der Waals surface area contributed by atoms with Gasteiger partial charge in [0.1, 0.15) is 12.9 Å². The fourth-order valence-electron chi connectivity index (χ4n) is 3.52. The maximum absolute atomic E-state index is 12.4. The topological polar surface area (TPSA) is 107 Å². The van der Waals surface area contributed by atoms with Gasteiger partial charge < -0.3 is 9.88 Å². The molecule has 2 aromatic heterocycles. The lowest BCUT2D eigenvalue weighted by Gasteiger charge is -2.28. The summed E-state index contributed by atoms with van der Waals surface area (Å²) >= 11 is 0. The van der Waals surface area contributed by atoms with Crippen LogP contribution in [0.5, 0.6) is 0 Å². The second kappa shape index (κ2) is 7.85. The Labute approximate surface area is 162 Å². The highest BCUT2D eigenvalue weighted by Gasteiger charge is 2.20. The second-order valence-electron chi connectivity index (χ2n) is 7.07. The fraction of sp³-hybridized carbons (Fsp3) is 0.444. The monoisotopic (exact) mass is 381 g/mol. The predicted octanol–water partition coefficient (Wildman–Crippen LogP) is 0.237. The van der Waals surface area contributed by atoms with Crippen molar-refractivity contribution in [1.29, 1.82) is 0 Å². The number of nitrogens with one attached hydrogen (secondary N) is 1. The molecule has 0 bridgehead atoms. The summed E-state index contributed by atoms with van der Waals surface area (Å²) in [6.45, 7) is 4.34. The van der Waals surface area contributed by atoms with Crippen molar-refractivity contribution in [2.75, 3.05) is 6.54 Å². The first kappa shape index (κ1) is 18.2. The number of carbonyl (C=O) groups excluding carboxylic acids is 1. The van der Waals surface area contributed by atoms with Crippen molar-refractivity contribution in [3.8, 4) is 0 Å². The van der Waals surface area contributed by atoms with E-state index in [1.165, 1.54) is 11.1 Å². The first-order chi connectivity index (χ1) is 13.6. The van der Waals surface area contributed by atoms with Crippen molar-refractivity contribution in [2.24, 2.45) is 7.05 Å². The van der Waals surface area contributed by atoms with Crippen LogP contribution in [0.4, 0.5) is 0 Å². The van der Waals surface area contributed by atoms with Crippen molar-refractivity contribution < 1.29 is 4.79 Å². The van der Waals surface area contributed by atoms with Gasteiger partial charge in [-0.1, -0.05) is 24.3 Å². The number of amides is 1. The number of rotatable bonds is 6. The van der Waals surface area contributed by atoms with Crippen LogP contribution in [0.2, 0.25) is 0 Å². The van der Waals surface area contributed by atoms with Gasteiger partial charge in [-0.05, 0) is 34.9 Å². The van der Waals surface area contributed by atoms with E-state index >= 15 is 0 Å². The quantitative estimate of drug-likeness (QED) is 0.652. The molecule has 1 aliphatic rings. The zero-order valence-electron chi connectivity index (χ0n) is 16.0. The standard InChI is InChI=1S/C18H23N9O/c1-13(18-22-19-12-25(18)2)20-17(28)11-27-16(21-23-24-27)10-26-8-7-14-5-3-4-6-15(14)9-26/h3-6,12-13H,7-11H2,1-2H3,(H,20,28)/t13-/m0/s1. The summed E-state index contributed by atoms with van der Waals surface area (Å²) in [4.78, 5) is 14.7. The Kier molecular flexibility index (Phi) is 5.11. The minimum absolute atomic E-state index is 0.0644. The molecule has 146 valence electrons. The maximum atomic E-state index is 12.4. The predicted molar refractivity (Wildman–Crippen MR) is 99.6 cm³/mol. The van der Waals surface area contributed by atoms with Crippen molar-refractivity contribution in [2.45, 2.75) is 39.0 Å². The molecule has 28 heavy (non-hydrogen) atoms. The molecule has 1 atom stereocenters. The summed E-state index contributed by atoms with van der Waals surface area (Å²) in [6, 6.07) is 8.23. The van der Waals surface area contributed by atoms with Crippen LogP contribution in [0.15, 0.2) is 30.6 Å². The van der Waals surface area contributed by atoms with Crippen molar-refractivity contribution in [3.05, 3.63) is 53.4 Å². The molecular formula is C18H23N9O. The van der Waals surface area contributed by atoms with Gasteiger partial charge in [0.25, 0.3) is 0 Å². The van der Waals surface area contributed by atoms with Gasteiger partial charge in [-0.15, -0.1) is 15.3 Å². The summed E-state index contributed by atoms with van der Waals surface area (Å²) in [5, 5.41) is 22.6. The number of hydrogen-bond acceptors (Lipinski definition) is 7. The molecule has 1 N–H and O–H groups in total. The van der Waals surface area contributed by atoms with E-state index in [2.05, 4.69) is 60.2 Å². The molecule has 1 aliphatic heterocycles. The van der Waals surface area contributed by atoms with Crippen LogP contribution < -0.4 is 5.32 Å². The molecule has 4 rings (SSSR count). The third-order valence-electron chi connectivity index (χ3n) is 4.99. The first-order valence-electron chi connectivity index (χ1n) is 9.27. The summed E-state index contributed by atoms with van der Waals surface area (Å²) in [5.41, 5.74) is 2.73. The van der Waals surface area contributed by atoms with Crippen LogP contribution in [0.1, 0.15) is 35.7 Å². The van der Waals surface area contributed by atoms with Crippen LogP contribution in [0.25, 0.3) is 0 Å². The zero-order chi connectivity index (χ0) is 19.5. The molecule has 1 aromatic carbocycles. The smallest absolute Gasteiger partial charge is 0.242 e. The van der Waals surface area contributed by atoms with E-state index in [0.717, 1.165) is 19.5 Å². The number of nitrogens with zero attached hydrogens (tertiary/aromatic N) is 8. The molecule has 0 fully saturated rings. The maximum Gasteiger partial charge on any atom is 0.242 e. The van der Waals surface area contributed by atoms with Gasteiger partial charge in [0.2, 0.25) is 5.91 Å². The number of aromatic nitrogens is 7.